The lowest BCUT2D eigenvalue weighted by Crippen LogP contribution is -2.38. The largest absolute Gasteiger partial charge is 0.442 e. The van der Waals surface area contributed by atoms with E-state index in [1.807, 2.05) is 19.1 Å². The monoisotopic (exact) mass is 421 g/mol. The molecule has 7 nitrogen and oxygen atoms in total. The fourth-order valence-electron chi connectivity index (χ4n) is 2.37. The predicted molar refractivity (Wildman–Crippen MR) is 108 cm³/mol. The van der Waals surface area contributed by atoms with Crippen molar-refractivity contribution in [1.29, 1.82) is 0 Å². The fraction of sp³-hybridized carbons (Fsp3) is 0.381. The number of ether oxygens (including phenoxy) is 2. The van der Waals surface area contributed by atoms with E-state index >= 15 is 0 Å². The Balaban J connectivity index is 2.26. The van der Waals surface area contributed by atoms with Crippen molar-refractivity contribution in [2.45, 2.75) is 51.3 Å². The molecule has 0 saturated heterocycles. The van der Waals surface area contributed by atoms with Crippen molar-refractivity contribution in [1.82, 2.24) is 5.06 Å². The summed E-state index contributed by atoms with van der Waals surface area (Å²) in [6, 6.07) is 13.4. The Morgan fingerprint density at radius 1 is 0.966 bits per heavy atom. The van der Waals surface area contributed by atoms with Gasteiger partial charge in [0.1, 0.15) is 5.60 Å². The van der Waals surface area contributed by atoms with Crippen LogP contribution in [0.5, 0.6) is 0 Å². The van der Waals surface area contributed by atoms with Gasteiger partial charge in [0, 0.05) is 7.11 Å². The van der Waals surface area contributed by atoms with Gasteiger partial charge in [-0.05, 0) is 51.0 Å². The van der Waals surface area contributed by atoms with Crippen molar-refractivity contribution in [3.8, 4) is 0 Å². The van der Waals surface area contributed by atoms with Crippen LogP contribution in [0.15, 0.2) is 53.4 Å². The third kappa shape index (κ3) is 7.16. The number of rotatable bonds is 7. The molecule has 0 aliphatic heterocycles. The minimum atomic E-state index is -4.21. The lowest BCUT2D eigenvalue weighted by Gasteiger charge is -2.26. The molecule has 2 aromatic rings. The molecule has 0 saturated carbocycles. The number of hydrogen-bond donors (Lipinski definition) is 0. The van der Waals surface area contributed by atoms with Gasteiger partial charge in [-0.25, -0.2) is 4.79 Å². The first-order chi connectivity index (χ1) is 13.5. The van der Waals surface area contributed by atoms with E-state index in [0.29, 0.717) is 17.2 Å². The average Bonchev–Trinajstić information content (AvgIpc) is 2.62. The Kier molecular flexibility index (Phi) is 7.40. The summed E-state index contributed by atoms with van der Waals surface area (Å²) in [6.07, 6.45) is -0.894. The third-order valence-corrected chi connectivity index (χ3v) is 4.98. The molecule has 0 aromatic heterocycles. The summed E-state index contributed by atoms with van der Waals surface area (Å²) < 4.78 is 40.9. The van der Waals surface area contributed by atoms with Gasteiger partial charge >= 0.3 is 16.2 Å². The summed E-state index contributed by atoms with van der Waals surface area (Å²) in [6.45, 7) is 7.27. The van der Waals surface area contributed by atoms with E-state index in [1.54, 1.807) is 52.1 Å². The molecule has 0 bridgehead atoms. The fourth-order valence-corrected chi connectivity index (χ4v) is 3.28. The number of hydroxylamine groups is 2. The number of benzene rings is 2. The summed E-state index contributed by atoms with van der Waals surface area (Å²) in [7, 11) is -2.61. The molecule has 0 heterocycles. The van der Waals surface area contributed by atoms with Gasteiger partial charge in [0.25, 0.3) is 0 Å². The highest BCUT2D eigenvalue weighted by atomic mass is 32.2. The maximum Gasteiger partial charge on any atom is 0.435 e. The first-order valence-electron chi connectivity index (χ1n) is 9.09. The molecule has 0 fully saturated rings. The molecule has 158 valence electrons. The summed E-state index contributed by atoms with van der Waals surface area (Å²) in [5.41, 5.74) is 1.72. The Morgan fingerprint density at radius 2 is 1.52 bits per heavy atom. The zero-order valence-corrected chi connectivity index (χ0v) is 18.2. The van der Waals surface area contributed by atoms with Crippen molar-refractivity contribution in [2.24, 2.45) is 0 Å². The van der Waals surface area contributed by atoms with Gasteiger partial charge in [-0.3, -0.25) is 0 Å². The maximum absolute atomic E-state index is 12.7. The smallest absolute Gasteiger partial charge is 0.435 e. The Bertz CT molecular complexity index is 915. The van der Waals surface area contributed by atoms with Crippen molar-refractivity contribution in [2.75, 3.05) is 7.11 Å². The lowest BCUT2D eigenvalue weighted by molar-refractivity contribution is -0.0739. The van der Waals surface area contributed by atoms with E-state index in [-0.39, 0.29) is 11.4 Å². The van der Waals surface area contributed by atoms with Crippen LogP contribution >= 0.6 is 0 Å². The molecule has 0 radical (unpaired) electrons. The second-order valence-electron chi connectivity index (χ2n) is 7.61. The van der Waals surface area contributed by atoms with Crippen molar-refractivity contribution < 1.29 is 27.0 Å². The lowest BCUT2D eigenvalue weighted by atomic mass is 10.1. The molecule has 1 amide bonds. The topological polar surface area (TPSA) is 82.1 Å². The Hall–Kier alpha value is -2.42. The summed E-state index contributed by atoms with van der Waals surface area (Å²) in [4.78, 5) is 12.5. The zero-order valence-electron chi connectivity index (χ0n) is 17.3. The molecule has 0 atom stereocenters. The van der Waals surface area contributed by atoms with Crippen LogP contribution in [0.3, 0.4) is 0 Å². The average molecular weight is 422 g/mol. The third-order valence-electron chi connectivity index (χ3n) is 3.76. The molecule has 29 heavy (non-hydrogen) atoms. The van der Waals surface area contributed by atoms with Crippen molar-refractivity contribution in [3.05, 3.63) is 65.2 Å². The van der Waals surface area contributed by atoms with E-state index in [2.05, 4.69) is 0 Å². The van der Waals surface area contributed by atoms with Crippen LogP contribution in [0, 0.1) is 6.92 Å². The number of nitrogens with zero attached hydrogens (tertiary/aromatic N) is 1. The summed E-state index contributed by atoms with van der Waals surface area (Å²) in [5, 5.41) is 0.714. The molecular weight excluding hydrogens is 394 g/mol. The highest BCUT2D eigenvalue weighted by Gasteiger charge is 2.29. The second-order valence-corrected chi connectivity index (χ2v) is 9.14. The summed E-state index contributed by atoms with van der Waals surface area (Å²) in [5.74, 6) is 0. The van der Waals surface area contributed by atoms with Crippen LogP contribution in [0.1, 0.15) is 37.5 Å². The van der Waals surface area contributed by atoms with Gasteiger partial charge in [-0.1, -0.05) is 42.0 Å². The van der Waals surface area contributed by atoms with Crippen LogP contribution in [-0.2, 0) is 37.0 Å². The molecule has 0 N–H and O–H groups in total. The van der Waals surface area contributed by atoms with Gasteiger partial charge in [0.2, 0.25) is 0 Å². The Labute approximate surface area is 172 Å². The molecule has 8 heteroatoms. The second kappa shape index (κ2) is 9.39. The number of carbonyl (C=O) groups is 1. The molecule has 0 aliphatic carbocycles. The summed E-state index contributed by atoms with van der Waals surface area (Å²) >= 11 is 0. The Morgan fingerprint density at radius 3 is 2.03 bits per heavy atom. The van der Waals surface area contributed by atoms with Crippen LogP contribution < -0.4 is 0 Å². The van der Waals surface area contributed by atoms with E-state index < -0.39 is 21.8 Å². The quantitative estimate of drug-likeness (QED) is 0.623. The molecule has 2 rings (SSSR count). The number of aryl methyl sites for hydroxylation is 1. The van der Waals surface area contributed by atoms with Crippen LogP contribution in [-0.4, -0.2) is 32.3 Å². The predicted octanol–water partition coefficient (Wildman–Crippen LogP) is 4.20. The maximum atomic E-state index is 12.7. The van der Waals surface area contributed by atoms with Gasteiger partial charge in [0.15, 0.2) is 0 Å². The molecule has 2 aromatic carbocycles. The first kappa shape index (κ1) is 22.9. The molecule has 0 spiro atoms. The number of methoxy groups -OCH3 is 1. The molecular formula is C21H27NO6S. The highest BCUT2D eigenvalue weighted by Crippen LogP contribution is 2.19. The molecule has 0 aliphatic rings. The van der Waals surface area contributed by atoms with Gasteiger partial charge in [-0.15, -0.1) is 4.28 Å². The minimum Gasteiger partial charge on any atom is -0.442 e. The van der Waals surface area contributed by atoms with Gasteiger partial charge < -0.3 is 9.47 Å². The van der Waals surface area contributed by atoms with Crippen LogP contribution in [0.2, 0.25) is 0 Å². The minimum absolute atomic E-state index is 0.0490. The normalized spacial score (nSPS) is 11.9. The van der Waals surface area contributed by atoms with Crippen molar-refractivity contribution >= 4 is 16.2 Å². The number of carbonyl (C=O) groups excluding carboxylic acids is 1. The van der Waals surface area contributed by atoms with E-state index in [9.17, 15) is 13.2 Å². The highest BCUT2D eigenvalue weighted by molar-refractivity contribution is 7.86. The van der Waals surface area contributed by atoms with Crippen LogP contribution in [0.25, 0.3) is 0 Å². The van der Waals surface area contributed by atoms with E-state index in [0.717, 1.165) is 11.1 Å². The van der Waals surface area contributed by atoms with E-state index in [4.69, 9.17) is 13.8 Å². The zero-order chi connectivity index (χ0) is 21.7. The van der Waals surface area contributed by atoms with Gasteiger partial charge in [0.05, 0.1) is 18.0 Å². The first-order valence-corrected chi connectivity index (χ1v) is 10.5. The van der Waals surface area contributed by atoms with Gasteiger partial charge in [-0.2, -0.15) is 13.5 Å². The standard InChI is InChI=1S/C21H27NO6S/c1-16-6-12-19(13-7-16)29(24,25)28-22(20(23)27-21(2,3)4)14-17-8-10-18(11-9-17)15-26-5/h6-13H,14-15H2,1-5H3. The SMILES string of the molecule is COCc1ccc(CN(OS(=O)(=O)c2ccc(C)cc2)C(=O)OC(C)(C)C)cc1. The van der Waals surface area contributed by atoms with E-state index in [1.165, 1.54) is 12.1 Å². The van der Waals surface area contributed by atoms with Crippen molar-refractivity contribution in [3.63, 3.8) is 0 Å². The number of hydrogen-bond acceptors (Lipinski definition) is 6. The van der Waals surface area contributed by atoms with Crippen LogP contribution in [0.4, 0.5) is 4.79 Å². The molecule has 0 unspecified atom stereocenters. The number of amides is 1.